The summed E-state index contributed by atoms with van der Waals surface area (Å²) in [6, 6.07) is 4.65. The van der Waals surface area contributed by atoms with Crippen molar-refractivity contribution in [1.82, 2.24) is 0 Å². The largest absolute Gasteiger partial charge is 0.508 e. The van der Waals surface area contributed by atoms with Crippen molar-refractivity contribution < 1.29 is 9.84 Å². The Hall–Kier alpha value is -0.890. The van der Waals surface area contributed by atoms with Gasteiger partial charge >= 0.3 is 0 Å². The van der Waals surface area contributed by atoms with Crippen molar-refractivity contribution in [2.24, 2.45) is 0 Å². The molecule has 0 aliphatic carbocycles. The summed E-state index contributed by atoms with van der Waals surface area (Å²) in [7, 11) is 0. The predicted molar refractivity (Wildman–Crippen MR) is 48.9 cm³/mol. The monoisotopic (exact) mass is 186 g/mol. The van der Waals surface area contributed by atoms with Crippen molar-refractivity contribution >= 4 is 11.6 Å². The molecule has 0 atom stereocenters. The first-order valence-corrected chi connectivity index (χ1v) is 4.23. The number of aromatic hydroxyl groups is 1. The van der Waals surface area contributed by atoms with E-state index in [1.54, 1.807) is 6.07 Å². The third-order valence-corrected chi connectivity index (χ3v) is 1.69. The number of phenols is 1. The van der Waals surface area contributed by atoms with Crippen molar-refractivity contribution in [2.75, 3.05) is 6.61 Å². The quantitative estimate of drug-likeness (QED) is 0.787. The molecule has 66 valence electrons. The zero-order valence-electron chi connectivity index (χ0n) is 6.88. The molecule has 0 amide bonds. The van der Waals surface area contributed by atoms with Crippen LogP contribution in [-0.2, 0) is 0 Å². The van der Waals surface area contributed by atoms with Crippen LogP contribution < -0.4 is 4.74 Å². The molecular weight excluding hydrogens is 176 g/mol. The maximum atomic E-state index is 9.10. The molecule has 1 N–H and O–H groups in total. The molecule has 0 unspecified atom stereocenters. The molecule has 0 radical (unpaired) electrons. The average molecular weight is 187 g/mol. The second-order valence-corrected chi connectivity index (χ2v) is 2.87. The van der Waals surface area contributed by atoms with Crippen LogP contribution in [-0.4, -0.2) is 11.7 Å². The molecule has 1 aromatic carbocycles. The second-order valence-electron chi connectivity index (χ2n) is 2.46. The Bertz CT molecular complexity index is 261. The van der Waals surface area contributed by atoms with Gasteiger partial charge < -0.3 is 9.84 Å². The first-order chi connectivity index (χ1) is 5.74. The molecule has 1 rings (SSSR count). The van der Waals surface area contributed by atoms with Gasteiger partial charge in [0.2, 0.25) is 0 Å². The van der Waals surface area contributed by atoms with E-state index in [1.165, 1.54) is 12.1 Å². The van der Waals surface area contributed by atoms with Gasteiger partial charge in [-0.15, -0.1) is 0 Å². The van der Waals surface area contributed by atoms with E-state index < -0.39 is 0 Å². The molecule has 0 bridgehead atoms. The molecule has 3 heteroatoms. The van der Waals surface area contributed by atoms with Crippen molar-refractivity contribution in [1.29, 1.82) is 0 Å². The lowest BCUT2D eigenvalue weighted by molar-refractivity contribution is 0.315. The van der Waals surface area contributed by atoms with Crippen molar-refractivity contribution in [3.63, 3.8) is 0 Å². The van der Waals surface area contributed by atoms with Gasteiger partial charge in [0.15, 0.2) is 0 Å². The Morgan fingerprint density at radius 3 is 2.92 bits per heavy atom. The van der Waals surface area contributed by atoms with Gasteiger partial charge in [0, 0.05) is 6.07 Å². The van der Waals surface area contributed by atoms with E-state index in [0.717, 1.165) is 6.42 Å². The molecule has 0 saturated carbocycles. The lowest BCUT2D eigenvalue weighted by Crippen LogP contribution is -1.94. The number of ether oxygens (including phenoxy) is 1. The van der Waals surface area contributed by atoms with E-state index in [-0.39, 0.29) is 5.75 Å². The lowest BCUT2D eigenvalue weighted by Gasteiger charge is -2.06. The van der Waals surface area contributed by atoms with Crippen LogP contribution in [0.3, 0.4) is 0 Å². The van der Waals surface area contributed by atoms with Crippen LogP contribution in [0.25, 0.3) is 0 Å². The smallest absolute Gasteiger partial charge is 0.141 e. The van der Waals surface area contributed by atoms with E-state index in [1.807, 2.05) is 6.92 Å². The highest BCUT2D eigenvalue weighted by atomic mass is 35.5. The number of phenolic OH excluding ortho intramolecular Hbond substituents is 1. The average Bonchev–Trinajstić information content (AvgIpc) is 2.07. The summed E-state index contributed by atoms with van der Waals surface area (Å²) in [6.07, 6.45) is 0.923. The van der Waals surface area contributed by atoms with E-state index in [4.69, 9.17) is 21.4 Å². The normalized spacial score (nSPS) is 9.83. The summed E-state index contributed by atoms with van der Waals surface area (Å²) in [6.45, 7) is 2.62. The van der Waals surface area contributed by atoms with Crippen LogP contribution in [0, 0.1) is 0 Å². The Morgan fingerprint density at radius 2 is 2.25 bits per heavy atom. The maximum Gasteiger partial charge on any atom is 0.141 e. The molecule has 12 heavy (non-hydrogen) atoms. The SMILES string of the molecule is CCCOc1cc(O)ccc1Cl. The van der Waals surface area contributed by atoms with Crippen LogP contribution in [0.15, 0.2) is 18.2 Å². The third-order valence-electron chi connectivity index (χ3n) is 1.38. The summed E-state index contributed by atoms with van der Waals surface area (Å²) in [5.74, 6) is 0.712. The molecule has 0 aliphatic rings. The molecule has 0 aromatic heterocycles. The highest BCUT2D eigenvalue weighted by Gasteiger charge is 2.01. The molecular formula is C9H11ClO2. The Kier molecular flexibility index (Phi) is 3.23. The van der Waals surface area contributed by atoms with Crippen molar-refractivity contribution in [3.05, 3.63) is 23.2 Å². The Labute approximate surface area is 76.7 Å². The number of hydrogen-bond donors (Lipinski definition) is 1. The minimum absolute atomic E-state index is 0.172. The summed E-state index contributed by atoms with van der Waals surface area (Å²) in [5.41, 5.74) is 0. The molecule has 0 aliphatic heterocycles. The summed E-state index contributed by atoms with van der Waals surface area (Å²) in [5, 5.41) is 9.63. The van der Waals surface area contributed by atoms with Gasteiger partial charge in [0.25, 0.3) is 0 Å². The van der Waals surface area contributed by atoms with E-state index in [2.05, 4.69) is 0 Å². The topological polar surface area (TPSA) is 29.5 Å². The van der Waals surface area contributed by atoms with Gasteiger partial charge in [-0.05, 0) is 18.6 Å². The van der Waals surface area contributed by atoms with E-state index in [0.29, 0.717) is 17.4 Å². The van der Waals surface area contributed by atoms with Gasteiger partial charge in [-0.3, -0.25) is 0 Å². The number of halogens is 1. The van der Waals surface area contributed by atoms with Crippen LogP contribution in [0.1, 0.15) is 13.3 Å². The number of benzene rings is 1. The number of rotatable bonds is 3. The highest BCUT2D eigenvalue weighted by Crippen LogP contribution is 2.28. The summed E-state index contributed by atoms with van der Waals surface area (Å²) < 4.78 is 5.27. The van der Waals surface area contributed by atoms with Crippen LogP contribution in [0.5, 0.6) is 11.5 Å². The lowest BCUT2D eigenvalue weighted by atomic mass is 10.3. The second kappa shape index (κ2) is 4.21. The Balaban J connectivity index is 2.75. The van der Waals surface area contributed by atoms with Gasteiger partial charge in [-0.1, -0.05) is 18.5 Å². The fourth-order valence-electron chi connectivity index (χ4n) is 0.815. The molecule has 0 fully saturated rings. The third kappa shape index (κ3) is 2.31. The Morgan fingerprint density at radius 1 is 1.50 bits per heavy atom. The number of hydrogen-bond acceptors (Lipinski definition) is 2. The minimum Gasteiger partial charge on any atom is -0.508 e. The van der Waals surface area contributed by atoms with Crippen LogP contribution >= 0.6 is 11.6 Å². The minimum atomic E-state index is 0.172. The van der Waals surface area contributed by atoms with Gasteiger partial charge in [0.05, 0.1) is 11.6 Å². The predicted octanol–water partition coefficient (Wildman–Crippen LogP) is 2.83. The molecule has 1 aromatic rings. The van der Waals surface area contributed by atoms with Crippen molar-refractivity contribution in [3.8, 4) is 11.5 Å². The standard InChI is InChI=1S/C9H11ClO2/c1-2-5-12-9-6-7(11)3-4-8(9)10/h3-4,6,11H,2,5H2,1H3. The van der Waals surface area contributed by atoms with Gasteiger partial charge in [0.1, 0.15) is 11.5 Å². The van der Waals surface area contributed by atoms with Crippen LogP contribution in [0.2, 0.25) is 5.02 Å². The zero-order valence-corrected chi connectivity index (χ0v) is 7.64. The van der Waals surface area contributed by atoms with E-state index in [9.17, 15) is 0 Å². The fraction of sp³-hybridized carbons (Fsp3) is 0.333. The molecule has 2 nitrogen and oxygen atoms in total. The first kappa shape index (κ1) is 9.20. The first-order valence-electron chi connectivity index (χ1n) is 3.85. The van der Waals surface area contributed by atoms with Crippen molar-refractivity contribution in [2.45, 2.75) is 13.3 Å². The van der Waals surface area contributed by atoms with Gasteiger partial charge in [-0.2, -0.15) is 0 Å². The van der Waals surface area contributed by atoms with Gasteiger partial charge in [-0.25, -0.2) is 0 Å². The maximum absolute atomic E-state index is 9.10. The summed E-state index contributed by atoms with van der Waals surface area (Å²) >= 11 is 5.80. The van der Waals surface area contributed by atoms with E-state index >= 15 is 0 Å². The summed E-state index contributed by atoms with van der Waals surface area (Å²) in [4.78, 5) is 0. The molecule has 0 saturated heterocycles. The highest BCUT2D eigenvalue weighted by molar-refractivity contribution is 6.32. The van der Waals surface area contributed by atoms with Crippen LogP contribution in [0.4, 0.5) is 0 Å². The fourth-order valence-corrected chi connectivity index (χ4v) is 0.987. The molecule has 0 heterocycles. The zero-order chi connectivity index (χ0) is 8.97. The molecule has 0 spiro atoms.